The maximum Gasteiger partial charge on any atom is 0.190 e. The summed E-state index contributed by atoms with van der Waals surface area (Å²) < 4.78 is 0. The molecule has 0 radical (unpaired) electrons. The Balaban J connectivity index is 1.98. The number of aliphatic hydroxyl groups is 1. The van der Waals surface area contributed by atoms with E-state index in [4.69, 9.17) is 0 Å². The van der Waals surface area contributed by atoms with Crippen molar-refractivity contribution in [1.82, 2.24) is 4.98 Å². The number of hydrogen-bond acceptors (Lipinski definition) is 4. The molecule has 1 N–H and O–H groups in total. The number of rotatable bonds is 2. The first-order chi connectivity index (χ1) is 9.15. The molecule has 100 valence electrons. The van der Waals surface area contributed by atoms with Crippen LogP contribution in [0.1, 0.15) is 35.5 Å². The first kappa shape index (κ1) is 12.6. The number of anilines is 2. The molecule has 1 unspecified atom stereocenters. The van der Waals surface area contributed by atoms with Gasteiger partial charge in [-0.25, -0.2) is 4.98 Å². The maximum atomic E-state index is 9.62. The lowest BCUT2D eigenvalue weighted by atomic mass is 10.0. The molecule has 1 aromatic carbocycles. The fraction of sp³-hybridized carbons (Fsp3) is 0.400. The maximum absolute atomic E-state index is 9.62. The molecule has 3 nitrogen and oxygen atoms in total. The van der Waals surface area contributed by atoms with Gasteiger partial charge in [-0.15, -0.1) is 0 Å². The largest absolute Gasteiger partial charge is 0.388 e. The molecule has 0 bridgehead atoms. The molecule has 1 aromatic heterocycles. The van der Waals surface area contributed by atoms with E-state index >= 15 is 0 Å². The number of hydrogen-bond donors (Lipinski definition) is 1. The third-order valence-electron chi connectivity index (χ3n) is 3.51. The van der Waals surface area contributed by atoms with Crippen molar-refractivity contribution in [2.24, 2.45) is 0 Å². The lowest BCUT2D eigenvalue weighted by Crippen LogP contribution is -2.24. The summed E-state index contributed by atoms with van der Waals surface area (Å²) in [5.41, 5.74) is 3.98. The van der Waals surface area contributed by atoms with E-state index in [-0.39, 0.29) is 0 Å². The smallest absolute Gasteiger partial charge is 0.190 e. The molecule has 2 heterocycles. The molecule has 0 amide bonds. The SMILES string of the molecule is Cc1ccc2c(c1)CCCN2c1ncc(C(C)O)s1. The van der Waals surface area contributed by atoms with Crippen LogP contribution in [0.3, 0.4) is 0 Å². The quantitative estimate of drug-likeness (QED) is 0.909. The molecular weight excluding hydrogens is 256 g/mol. The average Bonchev–Trinajstić information content (AvgIpc) is 2.87. The first-order valence-electron chi connectivity index (χ1n) is 6.66. The van der Waals surface area contributed by atoms with E-state index < -0.39 is 6.10 Å². The zero-order valence-electron chi connectivity index (χ0n) is 11.3. The molecule has 1 atom stereocenters. The molecule has 0 saturated heterocycles. The number of thiazole rings is 1. The highest BCUT2D eigenvalue weighted by atomic mass is 32.1. The van der Waals surface area contributed by atoms with Crippen LogP contribution in [-0.4, -0.2) is 16.6 Å². The number of benzene rings is 1. The van der Waals surface area contributed by atoms with Crippen molar-refractivity contribution in [2.45, 2.75) is 32.8 Å². The number of aryl methyl sites for hydroxylation is 2. The highest BCUT2D eigenvalue weighted by molar-refractivity contribution is 7.15. The average molecular weight is 274 g/mol. The summed E-state index contributed by atoms with van der Waals surface area (Å²) in [6, 6.07) is 6.61. The minimum Gasteiger partial charge on any atom is -0.388 e. The third-order valence-corrected chi connectivity index (χ3v) is 4.70. The Kier molecular flexibility index (Phi) is 3.29. The van der Waals surface area contributed by atoms with Crippen molar-refractivity contribution in [3.63, 3.8) is 0 Å². The van der Waals surface area contributed by atoms with Crippen molar-refractivity contribution in [2.75, 3.05) is 11.4 Å². The van der Waals surface area contributed by atoms with Gasteiger partial charge in [0.05, 0.1) is 11.0 Å². The molecule has 4 heteroatoms. The summed E-state index contributed by atoms with van der Waals surface area (Å²) in [5.74, 6) is 0. The minimum atomic E-state index is -0.437. The zero-order chi connectivity index (χ0) is 13.4. The Morgan fingerprint density at radius 2 is 2.26 bits per heavy atom. The van der Waals surface area contributed by atoms with Gasteiger partial charge in [0.25, 0.3) is 0 Å². The van der Waals surface area contributed by atoms with Gasteiger partial charge in [0.15, 0.2) is 5.13 Å². The predicted molar refractivity (Wildman–Crippen MR) is 79.3 cm³/mol. The predicted octanol–water partition coefficient (Wildman–Crippen LogP) is 3.59. The van der Waals surface area contributed by atoms with E-state index in [1.165, 1.54) is 16.8 Å². The highest BCUT2D eigenvalue weighted by Gasteiger charge is 2.21. The fourth-order valence-electron chi connectivity index (χ4n) is 2.52. The first-order valence-corrected chi connectivity index (χ1v) is 7.47. The van der Waals surface area contributed by atoms with Crippen LogP contribution in [0.25, 0.3) is 0 Å². The molecular formula is C15H18N2OS. The molecule has 19 heavy (non-hydrogen) atoms. The van der Waals surface area contributed by atoms with Crippen LogP contribution in [0.4, 0.5) is 10.8 Å². The second-order valence-electron chi connectivity index (χ2n) is 5.11. The van der Waals surface area contributed by atoms with Crippen LogP contribution in [0.15, 0.2) is 24.4 Å². The second-order valence-corrected chi connectivity index (χ2v) is 6.15. The molecule has 0 saturated carbocycles. The Bertz CT molecular complexity index is 592. The Morgan fingerprint density at radius 1 is 1.42 bits per heavy atom. The van der Waals surface area contributed by atoms with Gasteiger partial charge in [0, 0.05) is 18.4 Å². The van der Waals surface area contributed by atoms with Gasteiger partial charge in [0.1, 0.15) is 0 Å². The second kappa shape index (κ2) is 4.94. The Labute approximate surface area is 117 Å². The van der Waals surface area contributed by atoms with E-state index in [2.05, 4.69) is 35.0 Å². The monoisotopic (exact) mass is 274 g/mol. The van der Waals surface area contributed by atoms with Crippen LogP contribution < -0.4 is 4.90 Å². The molecule has 0 aliphatic carbocycles. The van der Waals surface area contributed by atoms with Crippen molar-refractivity contribution < 1.29 is 5.11 Å². The molecule has 2 aromatic rings. The minimum absolute atomic E-state index is 0.437. The van der Waals surface area contributed by atoms with Crippen LogP contribution in [-0.2, 0) is 6.42 Å². The fourth-order valence-corrected chi connectivity index (χ4v) is 3.41. The van der Waals surface area contributed by atoms with Crippen molar-refractivity contribution >= 4 is 22.2 Å². The third kappa shape index (κ3) is 2.38. The molecule has 1 aliphatic rings. The summed E-state index contributed by atoms with van der Waals surface area (Å²) in [6.45, 7) is 4.92. The molecule has 1 aliphatic heterocycles. The van der Waals surface area contributed by atoms with Crippen LogP contribution in [0.2, 0.25) is 0 Å². The number of aliphatic hydroxyl groups excluding tert-OH is 1. The summed E-state index contributed by atoms with van der Waals surface area (Å²) in [4.78, 5) is 7.66. The van der Waals surface area contributed by atoms with Gasteiger partial charge in [0.2, 0.25) is 0 Å². The standard InChI is InChI=1S/C15H18N2OS/c1-10-5-6-13-12(8-10)4-3-7-17(13)15-16-9-14(19-15)11(2)18/h5-6,8-9,11,18H,3-4,7H2,1-2H3. The lowest BCUT2D eigenvalue weighted by molar-refractivity contribution is 0.203. The van der Waals surface area contributed by atoms with Gasteiger partial charge in [-0.2, -0.15) is 0 Å². The Morgan fingerprint density at radius 3 is 3.00 bits per heavy atom. The molecule has 0 spiro atoms. The normalized spacial score (nSPS) is 16.3. The van der Waals surface area contributed by atoms with Crippen LogP contribution >= 0.6 is 11.3 Å². The lowest BCUT2D eigenvalue weighted by Gasteiger charge is -2.29. The van der Waals surface area contributed by atoms with E-state index in [1.807, 2.05) is 0 Å². The zero-order valence-corrected chi connectivity index (χ0v) is 12.1. The van der Waals surface area contributed by atoms with Crippen LogP contribution in [0.5, 0.6) is 0 Å². The molecule has 3 rings (SSSR count). The topological polar surface area (TPSA) is 36.4 Å². The Hall–Kier alpha value is -1.39. The van der Waals surface area contributed by atoms with Crippen molar-refractivity contribution in [3.8, 4) is 0 Å². The summed E-state index contributed by atoms with van der Waals surface area (Å²) in [6.07, 6.45) is 3.64. The van der Waals surface area contributed by atoms with Crippen molar-refractivity contribution in [3.05, 3.63) is 40.4 Å². The van der Waals surface area contributed by atoms with Gasteiger partial charge < -0.3 is 10.0 Å². The van der Waals surface area contributed by atoms with E-state index in [9.17, 15) is 5.11 Å². The summed E-state index contributed by atoms with van der Waals surface area (Å²) in [7, 11) is 0. The summed E-state index contributed by atoms with van der Waals surface area (Å²) in [5, 5.41) is 10.6. The van der Waals surface area contributed by atoms with Gasteiger partial charge >= 0.3 is 0 Å². The number of fused-ring (bicyclic) bond motifs is 1. The highest BCUT2D eigenvalue weighted by Crippen LogP contribution is 2.37. The van der Waals surface area contributed by atoms with E-state index in [0.29, 0.717) is 0 Å². The number of aromatic nitrogens is 1. The number of nitrogens with zero attached hydrogens (tertiary/aromatic N) is 2. The van der Waals surface area contributed by atoms with E-state index in [1.54, 1.807) is 24.5 Å². The van der Waals surface area contributed by atoms with Crippen LogP contribution in [0, 0.1) is 6.92 Å². The van der Waals surface area contributed by atoms with Gasteiger partial charge in [-0.1, -0.05) is 29.0 Å². The van der Waals surface area contributed by atoms with Crippen molar-refractivity contribution in [1.29, 1.82) is 0 Å². The summed E-state index contributed by atoms with van der Waals surface area (Å²) >= 11 is 1.58. The van der Waals surface area contributed by atoms with E-state index in [0.717, 1.165) is 29.4 Å². The van der Waals surface area contributed by atoms with Gasteiger partial charge in [-0.3, -0.25) is 0 Å². The molecule has 0 fully saturated rings. The van der Waals surface area contributed by atoms with Gasteiger partial charge in [-0.05, 0) is 38.3 Å².